The Morgan fingerprint density at radius 1 is 1.21 bits per heavy atom. The minimum Gasteiger partial charge on any atom is -0.349 e. The van der Waals surface area contributed by atoms with Gasteiger partial charge in [-0.15, -0.1) is 0 Å². The van der Waals surface area contributed by atoms with Crippen LogP contribution in [-0.4, -0.2) is 30.9 Å². The van der Waals surface area contributed by atoms with Gasteiger partial charge in [-0.2, -0.15) is 0 Å². The maximum absolute atomic E-state index is 11.8. The molecule has 2 rings (SSSR count). The van der Waals surface area contributed by atoms with Gasteiger partial charge in [0.1, 0.15) is 0 Å². The third kappa shape index (κ3) is 3.79. The molecule has 19 heavy (non-hydrogen) atoms. The van der Waals surface area contributed by atoms with E-state index in [9.17, 15) is 9.59 Å². The molecule has 1 atom stereocenters. The number of hydrogen-bond donors (Lipinski definition) is 3. The first kappa shape index (κ1) is 13.5. The summed E-state index contributed by atoms with van der Waals surface area (Å²) in [7, 11) is 1.73. The third-order valence-corrected chi connectivity index (χ3v) is 3.15. The van der Waals surface area contributed by atoms with Crippen LogP contribution < -0.4 is 16.0 Å². The Morgan fingerprint density at radius 2 is 1.84 bits per heavy atom. The standard InChI is InChI=1S/C14H19N3O2/c1-9(15-2)13(18)16-11-5-3-10(4-6-11)14(19)17-12-7-8-12/h3-6,9,12,15H,7-8H2,1-2H3,(H,16,18)(H,17,19). The molecule has 2 amide bonds. The number of benzene rings is 1. The van der Waals surface area contributed by atoms with Crippen molar-refractivity contribution in [2.75, 3.05) is 12.4 Å². The van der Waals surface area contributed by atoms with E-state index in [0.29, 0.717) is 17.3 Å². The van der Waals surface area contributed by atoms with E-state index in [1.165, 1.54) is 0 Å². The zero-order chi connectivity index (χ0) is 13.8. The summed E-state index contributed by atoms with van der Waals surface area (Å²) in [5, 5.41) is 8.57. The monoisotopic (exact) mass is 261 g/mol. The summed E-state index contributed by atoms with van der Waals surface area (Å²) in [6.45, 7) is 1.78. The zero-order valence-corrected chi connectivity index (χ0v) is 11.2. The van der Waals surface area contributed by atoms with Gasteiger partial charge in [0.2, 0.25) is 5.91 Å². The van der Waals surface area contributed by atoms with Crippen LogP contribution in [-0.2, 0) is 4.79 Å². The summed E-state index contributed by atoms with van der Waals surface area (Å²) in [6, 6.07) is 7.01. The average Bonchev–Trinajstić information content (AvgIpc) is 3.22. The fraction of sp³-hybridized carbons (Fsp3) is 0.429. The number of likely N-dealkylation sites (N-methyl/N-ethyl adjacent to an activating group) is 1. The van der Waals surface area contributed by atoms with Crippen LogP contribution in [0.5, 0.6) is 0 Å². The second-order valence-electron chi connectivity index (χ2n) is 4.82. The summed E-state index contributed by atoms with van der Waals surface area (Å²) >= 11 is 0. The molecule has 1 aromatic rings. The summed E-state index contributed by atoms with van der Waals surface area (Å²) < 4.78 is 0. The van der Waals surface area contributed by atoms with E-state index < -0.39 is 0 Å². The predicted molar refractivity (Wildman–Crippen MR) is 74.1 cm³/mol. The van der Waals surface area contributed by atoms with Gasteiger partial charge in [-0.1, -0.05) is 0 Å². The molecule has 0 saturated heterocycles. The molecule has 0 aliphatic heterocycles. The Kier molecular flexibility index (Phi) is 4.16. The van der Waals surface area contributed by atoms with Crippen LogP contribution in [0, 0.1) is 0 Å². The van der Waals surface area contributed by atoms with Crippen LogP contribution in [0.4, 0.5) is 5.69 Å². The van der Waals surface area contributed by atoms with Gasteiger partial charge in [-0.05, 0) is 51.1 Å². The first-order chi connectivity index (χ1) is 9.10. The summed E-state index contributed by atoms with van der Waals surface area (Å²) in [5.41, 5.74) is 1.31. The Bertz CT molecular complexity index is 466. The molecule has 5 nitrogen and oxygen atoms in total. The molecule has 1 aromatic carbocycles. The molecule has 1 fully saturated rings. The molecule has 0 spiro atoms. The molecule has 1 unspecified atom stereocenters. The van der Waals surface area contributed by atoms with Crippen LogP contribution in [0.3, 0.4) is 0 Å². The molecule has 1 aliphatic rings. The SMILES string of the molecule is CNC(C)C(=O)Nc1ccc(C(=O)NC2CC2)cc1. The lowest BCUT2D eigenvalue weighted by Crippen LogP contribution is -2.35. The molecule has 1 saturated carbocycles. The maximum atomic E-state index is 11.8. The van der Waals surface area contributed by atoms with E-state index in [0.717, 1.165) is 12.8 Å². The van der Waals surface area contributed by atoms with Crippen molar-refractivity contribution in [3.63, 3.8) is 0 Å². The summed E-state index contributed by atoms with van der Waals surface area (Å²) in [6.07, 6.45) is 2.14. The first-order valence-electron chi connectivity index (χ1n) is 6.49. The van der Waals surface area contributed by atoms with Crippen molar-refractivity contribution in [3.8, 4) is 0 Å². The Labute approximate surface area is 112 Å². The van der Waals surface area contributed by atoms with Crippen LogP contribution >= 0.6 is 0 Å². The van der Waals surface area contributed by atoms with Crippen LogP contribution in [0.25, 0.3) is 0 Å². The van der Waals surface area contributed by atoms with Gasteiger partial charge < -0.3 is 16.0 Å². The molecule has 102 valence electrons. The summed E-state index contributed by atoms with van der Waals surface area (Å²) in [4.78, 5) is 23.4. The number of nitrogens with one attached hydrogen (secondary N) is 3. The molecule has 5 heteroatoms. The summed E-state index contributed by atoms with van der Waals surface area (Å²) in [5.74, 6) is -0.151. The van der Waals surface area contributed by atoms with Gasteiger partial charge >= 0.3 is 0 Å². The van der Waals surface area contributed by atoms with Crippen molar-refractivity contribution in [2.24, 2.45) is 0 Å². The highest BCUT2D eigenvalue weighted by Crippen LogP contribution is 2.19. The fourth-order valence-electron chi connectivity index (χ4n) is 1.58. The van der Waals surface area contributed by atoms with Crippen molar-refractivity contribution in [3.05, 3.63) is 29.8 Å². The van der Waals surface area contributed by atoms with Gasteiger partial charge in [0, 0.05) is 17.3 Å². The van der Waals surface area contributed by atoms with Gasteiger partial charge in [0.15, 0.2) is 0 Å². The Hall–Kier alpha value is -1.88. The van der Waals surface area contributed by atoms with Crippen molar-refractivity contribution in [1.82, 2.24) is 10.6 Å². The Balaban J connectivity index is 1.93. The van der Waals surface area contributed by atoms with E-state index in [1.54, 1.807) is 38.2 Å². The molecule has 0 bridgehead atoms. The van der Waals surface area contributed by atoms with Crippen molar-refractivity contribution in [2.45, 2.75) is 31.8 Å². The molecule has 3 N–H and O–H groups in total. The number of amides is 2. The predicted octanol–water partition coefficient (Wildman–Crippen LogP) is 1.13. The molecular formula is C14H19N3O2. The average molecular weight is 261 g/mol. The minimum atomic E-state index is -0.252. The Morgan fingerprint density at radius 3 is 2.37 bits per heavy atom. The number of carbonyl (C=O) groups excluding carboxylic acids is 2. The van der Waals surface area contributed by atoms with Crippen molar-refractivity contribution in [1.29, 1.82) is 0 Å². The molecule has 0 radical (unpaired) electrons. The quantitative estimate of drug-likeness (QED) is 0.744. The lowest BCUT2D eigenvalue weighted by molar-refractivity contribution is -0.117. The normalized spacial score (nSPS) is 15.7. The second-order valence-corrected chi connectivity index (χ2v) is 4.82. The smallest absolute Gasteiger partial charge is 0.251 e. The van der Waals surface area contributed by atoms with Crippen LogP contribution in [0.2, 0.25) is 0 Å². The van der Waals surface area contributed by atoms with Crippen LogP contribution in [0.1, 0.15) is 30.1 Å². The van der Waals surface area contributed by atoms with Crippen molar-refractivity contribution >= 4 is 17.5 Å². The third-order valence-electron chi connectivity index (χ3n) is 3.15. The van der Waals surface area contributed by atoms with Crippen LogP contribution in [0.15, 0.2) is 24.3 Å². The first-order valence-corrected chi connectivity index (χ1v) is 6.49. The van der Waals surface area contributed by atoms with E-state index >= 15 is 0 Å². The van der Waals surface area contributed by atoms with E-state index in [1.807, 2.05) is 0 Å². The number of anilines is 1. The maximum Gasteiger partial charge on any atom is 0.251 e. The van der Waals surface area contributed by atoms with Gasteiger partial charge in [-0.3, -0.25) is 9.59 Å². The fourth-order valence-corrected chi connectivity index (χ4v) is 1.58. The highest BCUT2D eigenvalue weighted by atomic mass is 16.2. The lowest BCUT2D eigenvalue weighted by Gasteiger charge is -2.11. The van der Waals surface area contributed by atoms with E-state index in [4.69, 9.17) is 0 Å². The van der Waals surface area contributed by atoms with E-state index in [-0.39, 0.29) is 17.9 Å². The second kappa shape index (κ2) is 5.84. The number of carbonyl (C=O) groups is 2. The van der Waals surface area contributed by atoms with E-state index in [2.05, 4.69) is 16.0 Å². The number of rotatable bonds is 5. The van der Waals surface area contributed by atoms with Gasteiger partial charge in [-0.25, -0.2) is 0 Å². The molecule has 1 aliphatic carbocycles. The zero-order valence-electron chi connectivity index (χ0n) is 11.2. The van der Waals surface area contributed by atoms with Gasteiger partial charge in [0.25, 0.3) is 5.91 Å². The van der Waals surface area contributed by atoms with Crippen molar-refractivity contribution < 1.29 is 9.59 Å². The van der Waals surface area contributed by atoms with Gasteiger partial charge in [0.05, 0.1) is 6.04 Å². The molecular weight excluding hydrogens is 242 g/mol. The lowest BCUT2D eigenvalue weighted by atomic mass is 10.2. The highest BCUT2D eigenvalue weighted by molar-refractivity contribution is 5.97. The minimum absolute atomic E-state index is 0.0519. The topological polar surface area (TPSA) is 70.2 Å². The highest BCUT2D eigenvalue weighted by Gasteiger charge is 2.23. The molecule has 0 heterocycles. The largest absolute Gasteiger partial charge is 0.349 e. The molecule has 0 aromatic heterocycles. The number of hydrogen-bond acceptors (Lipinski definition) is 3.